The maximum atomic E-state index is 5.51. The monoisotopic (exact) mass is 368 g/mol. The van der Waals surface area contributed by atoms with Crippen LogP contribution in [0.2, 0.25) is 0 Å². The van der Waals surface area contributed by atoms with Gasteiger partial charge in [0.1, 0.15) is 5.75 Å². The van der Waals surface area contributed by atoms with Crippen LogP contribution in [-0.2, 0) is 6.54 Å². The van der Waals surface area contributed by atoms with Gasteiger partial charge >= 0.3 is 0 Å². The second-order valence-corrected chi connectivity index (χ2v) is 6.92. The van der Waals surface area contributed by atoms with Crippen LogP contribution in [0.25, 0.3) is 0 Å². The van der Waals surface area contributed by atoms with E-state index in [-0.39, 0.29) is 6.04 Å². The van der Waals surface area contributed by atoms with Gasteiger partial charge < -0.3 is 15.4 Å². The van der Waals surface area contributed by atoms with E-state index in [0.717, 1.165) is 11.3 Å². The Labute approximate surface area is 157 Å². The fraction of sp³-hybridized carbons (Fsp3) is 0.150. The third-order valence-corrected chi connectivity index (χ3v) is 5.05. The third kappa shape index (κ3) is 4.81. The fourth-order valence-electron chi connectivity index (χ4n) is 2.53. The molecule has 128 valence electrons. The third-order valence-electron chi connectivity index (χ3n) is 3.85. The predicted octanol–water partition coefficient (Wildman–Crippen LogP) is 4.51. The quantitative estimate of drug-likeness (QED) is 0.627. The highest BCUT2D eigenvalue weighted by molar-refractivity contribution is 7.80. The normalized spacial score (nSPS) is 11.6. The molecule has 3 nitrogen and oxygen atoms in total. The Balaban J connectivity index is 1.64. The molecule has 2 aromatic carbocycles. The molecule has 1 atom stereocenters. The number of ether oxygens (including phenoxy) is 1. The second-order valence-electron chi connectivity index (χ2n) is 5.53. The molecule has 0 aliphatic heterocycles. The first-order valence-corrected chi connectivity index (χ1v) is 9.30. The molecule has 0 saturated heterocycles. The lowest BCUT2D eigenvalue weighted by molar-refractivity contribution is 0.414. The van der Waals surface area contributed by atoms with Gasteiger partial charge in [-0.3, -0.25) is 0 Å². The molecule has 3 rings (SSSR count). The van der Waals surface area contributed by atoms with Crippen molar-refractivity contribution in [2.75, 3.05) is 7.11 Å². The van der Waals surface area contributed by atoms with Crippen molar-refractivity contribution in [3.8, 4) is 5.75 Å². The molecule has 0 aliphatic carbocycles. The number of thiocarbonyl (C=S) groups is 1. The van der Waals surface area contributed by atoms with Crippen molar-refractivity contribution in [2.24, 2.45) is 0 Å². The van der Waals surface area contributed by atoms with Crippen molar-refractivity contribution >= 4 is 28.7 Å². The van der Waals surface area contributed by atoms with Gasteiger partial charge in [-0.2, -0.15) is 0 Å². The highest BCUT2D eigenvalue weighted by atomic mass is 32.1. The van der Waals surface area contributed by atoms with E-state index < -0.39 is 0 Å². The maximum Gasteiger partial charge on any atom is 0.167 e. The van der Waals surface area contributed by atoms with Crippen molar-refractivity contribution in [3.05, 3.63) is 88.1 Å². The number of nitrogens with one attached hydrogen (secondary N) is 2. The molecular weight excluding hydrogens is 348 g/mol. The van der Waals surface area contributed by atoms with Crippen LogP contribution in [0.1, 0.15) is 22.0 Å². The summed E-state index contributed by atoms with van der Waals surface area (Å²) in [6, 6.07) is 22.5. The van der Waals surface area contributed by atoms with E-state index in [2.05, 4.69) is 40.3 Å². The summed E-state index contributed by atoms with van der Waals surface area (Å²) >= 11 is 7.23. The van der Waals surface area contributed by atoms with E-state index >= 15 is 0 Å². The number of hydrogen-bond acceptors (Lipinski definition) is 3. The van der Waals surface area contributed by atoms with Crippen LogP contribution < -0.4 is 15.4 Å². The Bertz CT molecular complexity index is 786. The summed E-state index contributed by atoms with van der Waals surface area (Å²) in [7, 11) is 1.67. The van der Waals surface area contributed by atoms with E-state index in [9.17, 15) is 0 Å². The molecule has 0 radical (unpaired) electrons. The van der Waals surface area contributed by atoms with Gasteiger partial charge in [0.2, 0.25) is 0 Å². The largest absolute Gasteiger partial charge is 0.497 e. The molecule has 25 heavy (non-hydrogen) atoms. The lowest BCUT2D eigenvalue weighted by atomic mass is 10.1. The average molecular weight is 369 g/mol. The second kappa shape index (κ2) is 8.65. The minimum Gasteiger partial charge on any atom is -0.497 e. The van der Waals surface area contributed by atoms with Gasteiger partial charge in [0.15, 0.2) is 5.11 Å². The van der Waals surface area contributed by atoms with Crippen LogP contribution in [0.5, 0.6) is 5.75 Å². The van der Waals surface area contributed by atoms with E-state index in [1.165, 1.54) is 10.4 Å². The van der Waals surface area contributed by atoms with Crippen LogP contribution in [0.3, 0.4) is 0 Å². The zero-order chi connectivity index (χ0) is 17.5. The van der Waals surface area contributed by atoms with Crippen molar-refractivity contribution in [2.45, 2.75) is 12.6 Å². The van der Waals surface area contributed by atoms with Gasteiger partial charge in [-0.15, -0.1) is 11.3 Å². The Hall–Kier alpha value is -2.37. The van der Waals surface area contributed by atoms with Crippen LogP contribution in [0.4, 0.5) is 0 Å². The molecule has 2 N–H and O–H groups in total. The zero-order valence-corrected chi connectivity index (χ0v) is 15.6. The lowest BCUT2D eigenvalue weighted by Crippen LogP contribution is -2.37. The highest BCUT2D eigenvalue weighted by Crippen LogP contribution is 2.25. The number of benzene rings is 2. The van der Waals surface area contributed by atoms with Gasteiger partial charge in [0.25, 0.3) is 0 Å². The van der Waals surface area contributed by atoms with Crippen LogP contribution >= 0.6 is 23.6 Å². The summed E-state index contributed by atoms with van der Waals surface area (Å²) in [4.78, 5) is 1.24. The van der Waals surface area contributed by atoms with E-state index in [4.69, 9.17) is 17.0 Å². The van der Waals surface area contributed by atoms with Crippen molar-refractivity contribution in [3.63, 3.8) is 0 Å². The number of methoxy groups -OCH3 is 1. The van der Waals surface area contributed by atoms with Crippen molar-refractivity contribution in [1.82, 2.24) is 10.6 Å². The molecule has 1 heterocycles. The summed E-state index contributed by atoms with van der Waals surface area (Å²) in [5.41, 5.74) is 2.34. The molecule has 0 saturated carbocycles. The Kier molecular flexibility index (Phi) is 6.04. The van der Waals surface area contributed by atoms with Crippen molar-refractivity contribution in [1.29, 1.82) is 0 Å². The summed E-state index contributed by atoms with van der Waals surface area (Å²) in [5, 5.41) is 9.44. The summed E-state index contributed by atoms with van der Waals surface area (Å²) in [6.45, 7) is 0.668. The highest BCUT2D eigenvalue weighted by Gasteiger charge is 2.15. The molecule has 0 aliphatic rings. The zero-order valence-electron chi connectivity index (χ0n) is 13.9. The first kappa shape index (κ1) is 17.5. The average Bonchev–Trinajstić information content (AvgIpc) is 3.20. The first-order chi connectivity index (χ1) is 12.3. The summed E-state index contributed by atoms with van der Waals surface area (Å²) in [6.07, 6.45) is 0. The first-order valence-electron chi connectivity index (χ1n) is 8.02. The van der Waals surface area contributed by atoms with Crippen LogP contribution in [0, 0.1) is 0 Å². The van der Waals surface area contributed by atoms with Gasteiger partial charge in [0, 0.05) is 11.4 Å². The van der Waals surface area contributed by atoms with Gasteiger partial charge in [0.05, 0.1) is 13.2 Å². The molecule has 3 aromatic rings. The van der Waals surface area contributed by atoms with Gasteiger partial charge in [-0.1, -0.05) is 48.5 Å². The standard InChI is InChI=1S/C20H20N2OS2/c1-23-17-11-9-15(10-12-17)14-21-20(24)22-19(18-8-5-13-25-18)16-6-3-2-4-7-16/h2-13,19H,14H2,1H3,(H2,21,22,24)/t19-/m1/s1. The molecule has 0 fully saturated rings. The van der Waals surface area contributed by atoms with E-state index in [1.807, 2.05) is 42.5 Å². The van der Waals surface area contributed by atoms with Gasteiger partial charge in [-0.05, 0) is 46.9 Å². The van der Waals surface area contributed by atoms with E-state index in [1.54, 1.807) is 18.4 Å². The number of rotatable bonds is 6. The predicted molar refractivity (Wildman–Crippen MR) is 108 cm³/mol. The molecular formula is C20H20N2OS2. The molecule has 0 bridgehead atoms. The maximum absolute atomic E-state index is 5.51. The Morgan fingerprint density at radius 1 is 1.04 bits per heavy atom. The molecule has 0 spiro atoms. The summed E-state index contributed by atoms with van der Waals surface area (Å²) in [5.74, 6) is 0.853. The Morgan fingerprint density at radius 3 is 2.44 bits per heavy atom. The number of thiophene rings is 1. The molecule has 0 unspecified atom stereocenters. The van der Waals surface area contributed by atoms with Crippen LogP contribution in [-0.4, -0.2) is 12.2 Å². The topological polar surface area (TPSA) is 33.3 Å². The molecule has 5 heteroatoms. The Morgan fingerprint density at radius 2 is 1.80 bits per heavy atom. The molecule has 1 aromatic heterocycles. The smallest absolute Gasteiger partial charge is 0.167 e. The van der Waals surface area contributed by atoms with E-state index in [0.29, 0.717) is 11.7 Å². The van der Waals surface area contributed by atoms with Crippen molar-refractivity contribution < 1.29 is 4.74 Å². The van der Waals surface area contributed by atoms with Crippen LogP contribution in [0.15, 0.2) is 72.1 Å². The fourth-order valence-corrected chi connectivity index (χ4v) is 3.52. The van der Waals surface area contributed by atoms with Gasteiger partial charge in [-0.25, -0.2) is 0 Å². The lowest BCUT2D eigenvalue weighted by Gasteiger charge is -2.20. The minimum absolute atomic E-state index is 0.0528. The molecule has 0 amide bonds. The number of hydrogen-bond donors (Lipinski definition) is 2. The SMILES string of the molecule is COc1ccc(CNC(=S)N[C@H](c2ccccc2)c2cccs2)cc1. The minimum atomic E-state index is 0.0528. The summed E-state index contributed by atoms with van der Waals surface area (Å²) < 4.78 is 5.18.